The largest absolute Gasteiger partial charge is 0.361 e. The summed E-state index contributed by atoms with van der Waals surface area (Å²) in [7, 11) is 0. The van der Waals surface area contributed by atoms with Gasteiger partial charge in [-0.1, -0.05) is 0 Å². The van der Waals surface area contributed by atoms with Crippen molar-refractivity contribution in [2.75, 3.05) is 0 Å². The zero-order valence-corrected chi connectivity index (χ0v) is 11.4. The van der Waals surface area contributed by atoms with E-state index in [0.29, 0.717) is 11.2 Å². The summed E-state index contributed by atoms with van der Waals surface area (Å²) in [5.41, 5.74) is 1.24. The molecule has 0 saturated carbocycles. The zero-order chi connectivity index (χ0) is 10.6. The molecule has 2 N–H and O–H groups in total. The first-order valence-corrected chi connectivity index (χ1v) is 6.44. The van der Waals surface area contributed by atoms with Gasteiger partial charge in [0.2, 0.25) is 0 Å². The normalized spacial score (nSPS) is 10.3. The third-order valence-corrected chi connectivity index (χ3v) is 3.63. The van der Waals surface area contributed by atoms with Gasteiger partial charge in [-0.2, -0.15) is 0 Å². The van der Waals surface area contributed by atoms with Gasteiger partial charge in [0, 0.05) is 12.6 Å². The van der Waals surface area contributed by atoms with Gasteiger partial charge in [-0.15, -0.1) is 11.3 Å². The second kappa shape index (κ2) is 5.68. The lowest BCUT2D eigenvalue weighted by Gasteiger charge is -2.12. The van der Waals surface area contributed by atoms with Crippen molar-refractivity contribution in [2.45, 2.75) is 26.4 Å². The first kappa shape index (κ1) is 11.9. The van der Waals surface area contributed by atoms with Crippen LogP contribution in [0.1, 0.15) is 19.4 Å². The van der Waals surface area contributed by atoms with E-state index in [1.54, 1.807) is 11.3 Å². The highest BCUT2D eigenvalue weighted by Crippen LogP contribution is 2.22. The quantitative estimate of drug-likeness (QED) is 0.838. The minimum atomic E-state index is 0.376. The van der Waals surface area contributed by atoms with Crippen LogP contribution in [0, 0.1) is 0 Å². The molecule has 0 atom stereocenters. The smallest absolute Gasteiger partial charge is 0.166 e. The van der Waals surface area contributed by atoms with Gasteiger partial charge in [-0.25, -0.2) is 0 Å². The number of rotatable bonds is 3. The van der Waals surface area contributed by atoms with E-state index in [1.165, 1.54) is 5.56 Å². The fourth-order valence-corrected chi connectivity index (χ4v) is 2.48. The Kier molecular flexibility index (Phi) is 4.84. The standard InChI is InChI=1S/C9H13BrN2S2/c1-6(2)12-9(13)11-5-7-3-4-14-8(7)10/h3-4,6H,5H2,1-2H3,(H2,11,12,13). The molecule has 1 aromatic heterocycles. The van der Waals surface area contributed by atoms with E-state index in [-0.39, 0.29) is 0 Å². The monoisotopic (exact) mass is 292 g/mol. The maximum absolute atomic E-state index is 5.11. The highest BCUT2D eigenvalue weighted by atomic mass is 79.9. The Morgan fingerprint density at radius 1 is 1.64 bits per heavy atom. The molecule has 0 fully saturated rings. The Morgan fingerprint density at radius 2 is 2.36 bits per heavy atom. The summed E-state index contributed by atoms with van der Waals surface area (Å²) in [6.45, 7) is 4.89. The molecule has 14 heavy (non-hydrogen) atoms. The number of hydrogen-bond acceptors (Lipinski definition) is 2. The molecule has 0 aliphatic rings. The summed E-state index contributed by atoms with van der Waals surface area (Å²) < 4.78 is 1.16. The van der Waals surface area contributed by atoms with Crippen LogP contribution in [0.2, 0.25) is 0 Å². The summed E-state index contributed by atoms with van der Waals surface area (Å²) in [5, 5.41) is 9.05. The molecular weight excluding hydrogens is 280 g/mol. The molecule has 0 amide bonds. The lowest BCUT2D eigenvalue weighted by molar-refractivity contribution is 0.712. The van der Waals surface area contributed by atoms with Crippen molar-refractivity contribution in [1.82, 2.24) is 10.6 Å². The van der Waals surface area contributed by atoms with Gasteiger partial charge >= 0.3 is 0 Å². The van der Waals surface area contributed by atoms with Gasteiger partial charge in [0.15, 0.2) is 5.11 Å². The van der Waals surface area contributed by atoms with Crippen LogP contribution in [0.5, 0.6) is 0 Å². The second-order valence-corrected chi connectivity index (χ2v) is 5.84. The topological polar surface area (TPSA) is 24.1 Å². The van der Waals surface area contributed by atoms with Crippen LogP contribution in [-0.2, 0) is 6.54 Å². The van der Waals surface area contributed by atoms with E-state index in [0.717, 1.165) is 10.3 Å². The predicted molar refractivity (Wildman–Crippen MR) is 69.7 cm³/mol. The minimum Gasteiger partial charge on any atom is -0.361 e. The molecule has 0 radical (unpaired) electrons. The molecule has 2 nitrogen and oxygen atoms in total. The van der Waals surface area contributed by atoms with Crippen LogP contribution in [-0.4, -0.2) is 11.2 Å². The number of nitrogens with one attached hydrogen (secondary N) is 2. The fourth-order valence-electron chi connectivity index (χ4n) is 0.934. The van der Waals surface area contributed by atoms with E-state index in [2.05, 4.69) is 51.9 Å². The van der Waals surface area contributed by atoms with Crippen molar-refractivity contribution >= 4 is 44.6 Å². The molecule has 1 heterocycles. The van der Waals surface area contributed by atoms with E-state index in [4.69, 9.17) is 12.2 Å². The number of hydrogen-bond donors (Lipinski definition) is 2. The maximum atomic E-state index is 5.11. The van der Waals surface area contributed by atoms with Crippen LogP contribution < -0.4 is 10.6 Å². The van der Waals surface area contributed by atoms with E-state index in [1.807, 2.05) is 0 Å². The summed E-state index contributed by atoms with van der Waals surface area (Å²) in [4.78, 5) is 0. The van der Waals surface area contributed by atoms with Crippen molar-refractivity contribution in [3.63, 3.8) is 0 Å². The summed E-state index contributed by atoms with van der Waals surface area (Å²) >= 11 is 10.3. The number of thiocarbonyl (C=S) groups is 1. The summed E-state index contributed by atoms with van der Waals surface area (Å²) in [6, 6.07) is 2.46. The van der Waals surface area contributed by atoms with Crippen molar-refractivity contribution in [1.29, 1.82) is 0 Å². The molecule has 5 heteroatoms. The summed E-state index contributed by atoms with van der Waals surface area (Å²) in [6.07, 6.45) is 0. The van der Waals surface area contributed by atoms with Crippen LogP contribution in [0.15, 0.2) is 15.2 Å². The van der Waals surface area contributed by atoms with Crippen LogP contribution in [0.4, 0.5) is 0 Å². The van der Waals surface area contributed by atoms with Crippen LogP contribution in [0.3, 0.4) is 0 Å². The van der Waals surface area contributed by atoms with Crippen molar-refractivity contribution in [3.05, 3.63) is 20.8 Å². The highest BCUT2D eigenvalue weighted by molar-refractivity contribution is 9.11. The third-order valence-electron chi connectivity index (χ3n) is 1.55. The third kappa shape index (κ3) is 3.94. The molecule has 0 aliphatic carbocycles. The van der Waals surface area contributed by atoms with E-state index in [9.17, 15) is 0 Å². The Morgan fingerprint density at radius 3 is 2.86 bits per heavy atom. The predicted octanol–water partition coefficient (Wildman–Crippen LogP) is 2.88. The summed E-state index contributed by atoms with van der Waals surface area (Å²) in [5.74, 6) is 0. The number of halogens is 1. The molecule has 0 spiro atoms. The molecule has 0 bridgehead atoms. The maximum Gasteiger partial charge on any atom is 0.166 e. The Balaban J connectivity index is 2.34. The number of thiophene rings is 1. The molecule has 1 aromatic rings. The van der Waals surface area contributed by atoms with Gasteiger partial charge in [-0.3, -0.25) is 0 Å². The molecule has 78 valence electrons. The second-order valence-electron chi connectivity index (χ2n) is 3.20. The van der Waals surface area contributed by atoms with Crippen LogP contribution in [0.25, 0.3) is 0 Å². The Labute approximate surface area is 102 Å². The first-order chi connectivity index (χ1) is 6.59. The SMILES string of the molecule is CC(C)NC(=S)NCc1ccsc1Br. The van der Waals surface area contributed by atoms with Crippen molar-refractivity contribution in [2.24, 2.45) is 0 Å². The highest BCUT2D eigenvalue weighted by Gasteiger charge is 2.02. The Bertz CT molecular complexity index is 310. The van der Waals surface area contributed by atoms with E-state index >= 15 is 0 Å². The zero-order valence-electron chi connectivity index (χ0n) is 8.13. The van der Waals surface area contributed by atoms with E-state index < -0.39 is 0 Å². The lowest BCUT2D eigenvalue weighted by atomic mass is 10.3. The van der Waals surface area contributed by atoms with Gasteiger partial charge in [-0.05, 0) is 59.0 Å². The van der Waals surface area contributed by atoms with Crippen LogP contribution >= 0.6 is 39.5 Å². The molecule has 0 aliphatic heterocycles. The van der Waals surface area contributed by atoms with Gasteiger partial charge in [0.1, 0.15) is 0 Å². The van der Waals surface area contributed by atoms with Crippen molar-refractivity contribution in [3.8, 4) is 0 Å². The molecule has 0 aromatic carbocycles. The van der Waals surface area contributed by atoms with Gasteiger partial charge in [0.25, 0.3) is 0 Å². The van der Waals surface area contributed by atoms with Crippen molar-refractivity contribution < 1.29 is 0 Å². The average molecular weight is 293 g/mol. The minimum absolute atomic E-state index is 0.376. The molecule has 1 rings (SSSR count). The van der Waals surface area contributed by atoms with Gasteiger partial charge in [0.05, 0.1) is 3.79 Å². The fraction of sp³-hybridized carbons (Fsp3) is 0.444. The molecule has 0 unspecified atom stereocenters. The lowest BCUT2D eigenvalue weighted by Crippen LogP contribution is -2.38. The molecular formula is C9H13BrN2S2. The average Bonchev–Trinajstić information content (AvgIpc) is 2.46. The van der Waals surface area contributed by atoms with Gasteiger partial charge < -0.3 is 10.6 Å². The Hall–Kier alpha value is -0.130. The molecule has 0 saturated heterocycles. The first-order valence-electron chi connectivity index (χ1n) is 4.36.